The van der Waals surface area contributed by atoms with E-state index in [1.54, 1.807) is 36.9 Å². The summed E-state index contributed by atoms with van der Waals surface area (Å²) in [5.41, 5.74) is 5.84. The van der Waals surface area contributed by atoms with Gasteiger partial charge in [0.15, 0.2) is 12.0 Å². The van der Waals surface area contributed by atoms with Crippen LogP contribution in [0, 0.1) is 0 Å². The molecule has 0 aliphatic rings. The number of nitrogens with two attached hydrogens (primary N) is 1. The Kier molecular flexibility index (Phi) is 5.33. The van der Waals surface area contributed by atoms with Crippen LogP contribution in [0.1, 0.15) is 0 Å². The first-order valence-corrected chi connectivity index (χ1v) is 5.12. The normalized spacial score (nSPS) is 9.22. The Morgan fingerprint density at radius 3 is 2.56 bits per heavy atom. The maximum Gasteiger partial charge on any atom is 0.285 e. The second kappa shape index (κ2) is 7.02. The summed E-state index contributed by atoms with van der Waals surface area (Å²) in [7, 11) is 1.00. The Morgan fingerprint density at radius 2 is 2.06 bits per heavy atom. The molecule has 2 heterocycles. The summed E-state index contributed by atoms with van der Waals surface area (Å²) in [6.07, 6.45) is 6.58. The van der Waals surface area contributed by atoms with Crippen molar-refractivity contribution in [2.45, 2.75) is 6.54 Å². The molecule has 18 heavy (non-hydrogen) atoms. The summed E-state index contributed by atoms with van der Waals surface area (Å²) >= 11 is 0. The van der Waals surface area contributed by atoms with Crippen LogP contribution >= 0.6 is 0 Å². The monoisotopic (exact) mass is 248 g/mol. The molecule has 2 aromatic heterocycles. The summed E-state index contributed by atoms with van der Waals surface area (Å²) in [6, 6.07) is 3.53. The summed E-state index contributed by atoms with van der Waals surface area (Å²) in [6.45, 7) is 0.0654. The number of aliphatic hydroxyl groups excluding tert-OH is 1. The van der Waals surface area contributed by atoms with Crippen molar-refractivity contribution in [2.24, 2.45) is 5.73 Å². The van der Waals surface area contributed by atoms with E-state index in [2.05, 4.69) is 15.1 Å². The Hall–Kier alpha value is -2.41. The van der Waals surface area contributed by atoms with Gasteiger partial charge in [-0.25, -0.2) is 9.97 Å². The zero-order valence-electron chi connectivity index (χ0n) is 9.89. The van der Waals surface area contributed by atoms with Crippen LogP contribution < -0.4 is 10.4 Å². The highest BCUT2D eigenvalue weighted by atomic mass is 16.2. The van der Waals surface area contributed by atoms with Gasteiger partial charge in [-0.2, -0.15) is 0 Å². The van der Waals surface area contributed by atoms with Gasteiger partial charge in [-0.1, -0.05) is 4.68 Å². The van der Waals surface area contributed by atoms with E-state index in [0.717, 1.165) is 12.7 Å². The first-order valence-electron chi connectivity index (χ1n) is 5.12. The van der Waals surface area contributed by atoms with E-state index in [0.29, 0.717) is 5.82 Å². The zero-order chi connectivity index (χ0) is 13.4. The smallest absolute Gasteiger partial charge is 0.285 e. The van der Waals surface area contributed by atoms with Crippen LogP contribution in [0.3, 0.4) is 0 Å². The van der Waals surface area contributed by atoms with Crippen LogP contribution in [0.15, 0.2) is 36.9 Å². The maximum absolute atomic E-state index is 10.7. The first kappa shape index (κ1) is 13.7. The molecule has 7 nitrogen and oxygen atoms in total. The Labute approximate surface area is 104 Å². The van der Waals surface area contributed by atoms with E-state index < -0.39 is 5.91 Å². The molecular weight excluding hydrogens is 234 g/mol. The molecule has 0 bridgehead atoms. The highest BCUT2D eigenvalue weighted by Crippen LogP contribution is 2.08. The number of carbonyl (C=O) groups excluding carboxylic acids is 1. The molecule has 0 unspecified atom stereocenters. The lowest BCUT2D eigenvalue weighted by atomic mass is 10.3. The average molecular weight is 248 g/mol. The van der Waals surface area contributed by atoms with Crippen molar-refractivity contribution in [1.29, 1.82) is 0 Å². The molecule has 1 amide bonds. The molecule has 0 aliphatic heterocycles. The lowest BCUT2D eigenvalue weighted by Gasteiger charge is -1.96. The molecule has 7 heteroatoms. The number of aliphatic hydroxyl groups is 1. The summed E-state index contributed by atoms with van der Waals surface area (Å²) < 4.78 is 1.45. The summed E-state index contributed by atoms with van der Waals surface area (Å²) in [4.78, 5) is 18.8. The zero-order valence-corrected chi connectivity index (χ0v) is 9.89. The predicted octanol–water partition coefficient (Wildman–Crippen LogP) is -1.08. The fraction of sp³-hybridized carbons (Fsp3) is 0.182. The SMILES string of the molecule is CO.NC(=O)C[n+]1ccc(-c2ncccn2)cn1. The van der Waals surface area contributed by atoms with Crippen molar-refractivity contribution in [3.63, 3.8) is 0 Å². The van der Waals surface area contributed by atoms with Gasteiger partial charge in [0.05, 0.1) is 0 Å². The highest BCUT2D eigenvalue weighted by molar-refractivity contribution is 5.72. The van der Waals surface area contributed by atoms with E-state index in [1.165, 1.54) is 4.68 Å². The molecule has 0 atom stereocenters. The third-order valence-electron chi connectivity index (χ3n) is 1.91. The second-order valence-electron chi connectivity index (χ2n) is 3.15. The quantitative estimate of drug-likeness (QED) is 0.672. The lowest BCUT2D eigenvalue weighted by molar-refractivity contribution is -0.742. The third-order valence-corrected chi connectivity index (χ3v) is 1.91. The van der Waals surface area contributed by atoms with Gasteiger partial charge in [-0.3, -0.25) is 4.79 Å². The van der Waals surface area contributed by atoms with Crippen LogP contribution in [-0.4, -0.2) is 33.2 Å². The average Bonchev–Trinajstić information content (AvgIpc) is 2.42. The number of aromatic nitrogens is 4. The molecule has 0 spiro atoms. The van der Waals surface area contributed by atoms with Crippen molar-refractivity contribution in [3.05, 3.63) is 36.9 Å². The van der Waals surface area contributed by atoms with Crippen molar-refractivity contribution in [1.82, 2.24) is 15.1 Å². The van der Waals surface area contributed by atoms with Gasteiger partial charge in [0.25, 0.3) is 12.5 Å². The van der Waals surface area contributed by atoms with Crippen molar-refractivity contribution >= 4 is 5.91 Å². The minimum Gasteiger partial charge on any atom is -0.400 e. The predicted molar refractivity (Wildman–Crippen MR) is 62.8 cm³/mol. The second-order valence-corrected chi connectivity index (χ2v) is 3.15. The standard InChI is InChI=1S/C10H9N5O.CH4O/c11-9(16)7-15-5-2-8(6-14-15)10-12-3-1-4-13-10;1-2/h1-6H,7H2,(H-,11,16);2H,1H3/p+1. The Balaban J connectivity index is 0.000000771. The molecule has 3 N–H and O–H groups in total. The minimum atomic E-state index is -0.429. The first-order chi connectivity index (χ1) is 8.75. The molecule has 94 valence electrons. The molecule has 0 saturated heterocycles. The number of nitrogens with zero attached hydrogens (tertiary/aromatic N) is 4. The fourth-order valence-corrected chi connectivity index (χ4v) is 1.22. The number of carbonyl (C=O) groups is 1. The van der Waals surface area contributed by atoms with E-state index in [-0.39, 0.29) is 6.54 Å². The van der Waals surface area contributed by atoms with Crippen LogP contribution in [0.5, 0.6) is 0 Å². The molecule has 2 aromatic rings. The van der Waals surface area contributed by atoms with Gasteiger partial charge < -0.3 is 10.8 Å². The van der Waals surface area contributed by atoms with Gasteiger partial charge in [0.1, 0.15) is 6.20 Å². The summed E-state index contributed by atoms with van der Waals surface area (Å²) in [5, 5.41) is 11.0. The van der Waals surface area contributed by atoms with E-state index >= 15 is 0 Å². The van der Waals surface area contributed by atoms with Gasteiger partial charge in [-0.15, -0.1) is 0 Å². The molecule has 2 rings (SSSR count). The Morgan fingerprint density at radius 1 is 1.39 bits per heavy atom. The van der Waals surface area contributed by atoms with Crippen LogP contribution in [0.2, 0.25) is 0 Å². The topological polar surface area (TPSA) is 106 Å². The Bertz CT molecular complexity index is 487. The van der Waals surface area contributed by atoms with Crippen molar-refractivity contribution < 1.29 is 14.6 Å². The lowest BCUT2D eigenvalue weighted by Crippen LogP contribution is -2.43. The van der Waals surface area contributed by atoms with Crippen LogP contribution in [0.4, 0.5) is 0 Å². The molecule has 0 aliphatic carbocycles. The molecule has 0 radical (unpaired) electrons. The number of hydrogen-bond acceptors (Lipinski definition) is 5. The highest BCUT2D eigenvalue weighted by Gasteiger charge is 2.08. The van der Waals surface area contributed by atoms with Gasteiger partial charge in [0.2, 0.25) is 0 Å². The number of hydrogen-bond donors (Lipinski definition) is 2. The van der Waals surface area contributed by atoms with Crippen molar-refractivity contribution in [3.8, 4) is 11.4 Å². The molecule has 0 aromatic carbocycles. The van der Waals surface area contributed by atoms with Gasteiger partial charge in [0, 0.05) is 31.1 Å². The minimum absolute atomic E-state index is 0.0654. The van der Waals surface area contributed by atoms with E-state index in [9.17, 15) is 4.79 Å². The van der Waals surface area contributed by atoms with E-state index in [1.807, 2.05) is 0 Å². The third kappa shape index (κ3) is 3.87. The van der Waals surface area contributed by atoms with Gasteiger partial charge in [-0.05, 0) is 11.2 Å². The van der Waals surface area contributed by atoms with E-state index in [4.69, 9.17) is 10.8 Å². The van der Waals surface area contributed by atoms with Crippen molar-refractivity contribution in [2.75, 3.05) is 7.11 Å². The number of primary amides is 1. The van der Waals surface area contributed by atoms with Gasteiger partial charge >= 0.3 is 0 Å². The largest absolute Gasteiger partial charge is 0.400 e. The van der Waals surface area contributed by atoms with Crippen LogP contribution in [0.25, 0.3) is 11.4 Å². The number of amides is 1. The molecule has 0 fully saturated rings. The van der Waals surface area contributed by atoms with Crippen LogP contribution in [-0.2, 0) is 11.3 Å². The maximum atomic E-state index is 10.7. The number of rotatable bonds is 3. The molecule has 0 saturated carbocycles. The molecular formula is C11H14N5O2+. The fourth-order valence-electron chi connectivity index (χ4n) is 1.22. The summed E-state index contributed by atoms with van der Waals surface area (Å²) in [5.74, 6) is 0.169.